The summed E-state index contributed by atoms with van der Waals surface area (Å²) in [5.74, 6) is -0.947. The number of sulfonamides is 1. The van der Waals surface area contributed by atoms with Gasteiger partial charge in [-0.2, -0.15) is 0 Å². The molecule has 0 aliphatic carbocycles. The molecule has 0 aliphatic rings. The van der Waals surface area contributed by atoms with E-state index >= 15 is 0 Å². The lowest BCUT2D eigenvalue weighted by Crippen LogP contribution is -2.11. The second-order valence-electron chi connectivity index (χ2n) is 5.74. The van der Waals surface area contributed by atoms with Crippen molar-refractivity contribution < 1.29 is 18.3 Å². The molecule has 0 spiro atoms. The van der Waals surface area contributed by atoms with Crippen molar-refractivity contribution >= 4 is 33.0 Å². The zero-order valence-electron chi connectivity index (χ0n) is 13.8. The van der Waals surface area contributed by atoms with E-state index in [4.69, 9.17) is 5.11 Å². The topological polar surface area (TPSA) is 83.5 Å². The molecule has 3 rings (SSSR count). The predicted octanol–water partition coefficient (Wildman–Crippen LogP) is 4.03. The standard InChI is InChI=1S/C19H17NO4S2/c21-19(22)16-6-1-4-14(12-16)9-10-15-5-2-7-17(13-15)20-26(23,24)18-8-3-11-25-18/h1-8,11-13,20H,9-10H2,(H,21,22). The first kappa shape index (κ1) is 18.2. The molecule has 0 aliphatic heterocycles. The average Bonchev–Trinajstić information content (AvgIpc) is 3.16. The second kappa shape index (κ2) is 7.72. The molecule has 0 bridgehead atoms. The maximum Gasteiger partial charge on any atom is 0.335 e. The lowest BCUT2D eigenvalue weighted by Gasteiger charge is -2.09. The summed E-state index contributed by atoms with van der Waals surface area (Å²) in [6.07, 6.45) is 1.35. The predicted molar refractivity (Wildman–Crippen MR) is 102 cm³/mol. The number of carboxylic acids is 1. The Bertz CT molecular complexity index is 1010. The summed E-state index contributed by atoms with van der Waals surface area (Å²) < 4.78 is 27.5. The molecule has 1 aromatic heterocycles. The van der Waals surface area contributed by atoms with Gasteiger partial charge in [0, 0.05) is 5.69 Å². The minimum absolute atomic E-state index is 0.264. The first-order valence-corrected chi connectivity index (χ1v) is 10.3. The lowest BCUT2D eigenvalue weighted by atomic mass is 10.0. The van der Waals surface area contributed by atoms with E-state index in [0.29, 0.717) is 18.5 Å². The largest absolute Gasteiger partial charge is 0.478 e. The van der Waals surface area contributed by atoms with Crippen LogP contribution in [0.15, 0.2) is 70.3 Å². The number of carboxylic acid groups (broad SMARTS) is 1. The number of anilines is 1. The third kappa shape index (κ3) is 4.50. The van der Waals surface area contributed by atoms with E-state index in [1.54, 1.807) is 53.9 Å². The van der Waals surface area contributed by atoms with E-state index in [1.807, 2.05) is 12.1 Å². The minimum atomic E-state index is -3.57. The summed E-state index contributed by atoms with van der Waals surface area (Å²) in [4.78, 5) is 11.0. The number of hydrogen-bond donors (Lipinski definition) is 2. The molecule has 0 unspecified atom stereocenters. The molecule has 26 heavy (non-hydrogen) atoms. The number of thiophene rings is 1. The summed E-state index contributed by atoms with van der Waals surface area (Å²) in [7, 11) is -3.57. The number of benzene rings is 2. The second-order valence-corrected chi connectivity index (χ2v) is 8.60. The van der Waals surface area contributed by atoms with Gasteiger partial charge in [-0.1, -0.05) is 30.3 Å². The highest BCUT2D eigenvalue weighted by Gasteiger charge is 2.15. The first-order chi connectivity index (χ1) is 12.4. The van der Waals surface area contributed by atoms with E-state index in [9.17, 15) is 13.2 Å². The fraction of sp³-hybridized carbons (Fsp3) is 0.105. The fourth-order valence-electron chi connectivity index (χ4n) is 2.56. The summed E-state index contributed by atoms with van der Waals surface area (Å²) in [5.41, 5.74) is 2.67. The van der Waals surface area contributed by atoms with Crippen molar-refractivity contribution in [3.63, 3.8) is 0 Å². The zero-order valence-corrected chi connectivity index (χ0v) is 15.4. The van der Waals surface area contributed by atoms with Gasteiger partial charge in [0.15, 0.2) is 0 Å². The van der Waals surface area contributed by atoms with Gasteiger partial charge in [0.25, 0.3) is 10.0 Å². The molecule has 0 radical (unpaired) electrons. The van der Waals surface area contributed by atoms with Crippen LogP contribution in [0.5, 0.6) is 0 Å². The van der Waals surface area contributed by atoms with Crippen LogP contribution in [0, 0.1) is 0 Å². The fourth-order valence-corrected chi connectivity index (χ4v) is 4.60. The number of hydrogen-bond acceptors (Lipinski definition) is 4. The van der Waals surface area contributed by atoms with Crippen LogP contribution >= 0.6 is 11.3 Å². The van der Waals surface area contributed by atoms with Crippen LogP contribution in [-0.2, 0) is 22.9 Å². The van der Waals surface area contributed by atoms with Crippen molar-refractivity contribution in [2.24, 2.45) is 0 Å². The van der Waals surface area contributed by atoms with Gasteiger partial charge in [-0.25, -0.2) is 13.2 Å². The molecule has 0 amide bonds. The quantitative estimate of drug-likeness (QED) is 0.641. The Morgan fingerprint density at radius 2 is 1.65 bits per heavy atom. The van der Waals surface area contributed by atoms with Crippen LogP contribution in [-0.4, -0.2) is 19.5 Å². The Morgan fingerprint density at radius 3 is 2.31 bits per heavy atom. The van der Waals surface area contributed by atoms with Crippen molar-refractivity contribution in [3.8, 4) is 0 Å². The third-order valence-electron chi connectivity index (χ3n) is 3.82. The molecule has 5 nitrogen and oxygen atoms in total. The average molecular weight is 387 g/mol. The highest BCUT2D eigenvalue weighted by Crippen LogP contribution is 2.21. The molecular formula is C19H17NO4S2. The van der Waals surface area contributed by atoms with Gasteiger partial charge in [-0.15, -0.1) is 11.3 Å². The Morgan fingerprint density at radius 1 is 0.962 bits per heavy atom. The molecule has 3 aromatic rings. The molecular weight excluding hydrogens is 370 g/mol. The highest BCUT2D eigenvalue weighted by molar-refractivity contribution is 7.94. The van der Waals surface area contributed by atoms with Gasteiger partial charge in [-0.05, 0) is 59.7 Å². The molecule has 0 atom stereocenters. The summed E-state index contributed by atoms with van der Waals surface area (Å²) in [6, 6.07) is 17.3. The van der Waals surface area contributed by atoms with Gasteiger partial charge < -0.3 is 5.11 Å². The molecule has 0 saturated heterocycles. The molecule has 2 aromatic carbocycles. The van der Waals surface area contributed by atoms with E-state index in [-0.39, 0.29) is 9.77 Å². The van der Waals surface area contributed by atoms with Gasteiger partial charge in [0.05, 0.1) is 5.56 Å². The maximum absolute atomic E-state index is 12.3. The number of aromatic carboxylic acids is 1. The molecule has 7 heteroatoms. The van der Waals surface area contributed by atoms with Crippen molar-refractivity contribution in [2.75, 3.05) is 4.72 Å². The normalized spacial score (nSPS) is 11.2. The number of aryl methyl sites for hydroxylation is 2. The highest BCUT2D eigenvalue weighted by atomic mass is 32.2. The Balaban J connectivity index is 1.70. The Kier molecular flexibility index (Phi) is 5.39. The van der Waals surface area contributed by atoms with Crippen LogP contribution in [0.1, 0.15) is 21.5 Å². The van der Waals surface area contributed by atoms with E-state index in [0.717, 1.165) is 11.1 Å². The summed E-state index contributed by atoms with van der Waals surface area (Å²) in [6.45, 7) is 0. The number of carbonyl (C=O) groups is 1. The van der Waals surface area contributed by atoms with Crippen molar-refractivity contribution in [1.29, 1.82) is 0 Å². The first-order valence-electron chi connectivity index (χ1n) is 7.91. The smallest absolute Gasteiger partial charge is 0.335 e. The molecule has 2 N–H and O–H groups in total. The molecule has 0 fully saturated rings. The van der Waals surface area contributed by atoms with Crippen molar-refractivity contribution in [3.05, 3.63) is 82.7 Å². The van der Waals surface area contributed by atoms with Crippen molar-refractivity contribution in [2.45, 2.75) is 17.1 Å². The van der Waals surface area contributed by atoms with Crippen LogP contribution in [0.4, 0.5) is 5.69 Å². The number of rotatable bonds is 7. The third-order valence-corrected chi connectivity index (χ3v) is 6.59. The Hall–Kier alpha value is -2.64. The van der Waals surface area contributed by atoms with Gasteiger partial charge in [0.2, 0.25) is 0 Å². The van der Waals surface area contributed by atoms with Crippen LogP contribution in [0.3, 0.4) is 0 Å². The van der Waals surface area contributed by atoms with Gasteiger partial charge in [-0.3, -0.25) is 4.72 Å². The van der Waals surface area contributed by atoms with Crippen LogP contribution < -0.4 is 4.72 Å². The lowest BCUT2D eigenvalue weighted by molar-refractivity contribution is 0.0696. The van der Waals surface area contributed by atoms with Crippen LogP contribution in [0.2, 0.25) is 0 Å². The van der Waals surface area contributed by atoms with Gasteiger partial charge >= 0.3 is 5.97 Å². The van der Waals surface area contributed by atoms with E-state index < -0.39 is 16.0 Å². The van der Waals surface area contributed by atoms with Crippen LogP contribution in [0.25, 0.3) is 0 Å². The maximum atomic E-state index is 12.3. The zero-order chi connectivity index (χ0) is 18.6. The number of nitrogens with one attached hydrogen (secondary N) is 1. The molecule has 0 saturated carbocycles. The van der Waals surface area contributed by atoms with E-state index in [2.05, 4.69) is 4.72 Å². The van der Waals surface area contributed by atoms with E-state index in [1.165, 1.54) is 11.3 Å². The van der Waals surface area contributed by atoms with Crippen molar-refractivity contribution in [1.82, 2.24) is 0 Å². The molecule has 134 valence electrons. The minimum Gasteiger partial charge on any atom is -0.478 e. The van der Waals surface area contributed by atoms with Gasteiger partial charge in [0.1, 0.15) is 4.21 Å². The summed E-state index contributed by atoms with van der Waals surface area (Å²) in [5, 5.41) is 10.8. The Labute approximate surface area is 156 Å². The summed E-state index contributed by atoms with van der Waals surface area (Å²) >= 11 is 1.17. The molecule has 1 heterocycles. The SMILES string of the molecule is O=C(O)c1cccc(CCc2cccc(NS(=O)(=O)c3cccs3)c2)c1. The monoisotopic (exact) mass is 387 g/mol.